The molecule has 0 unspecified atom stereocenters. The van der Waals surface area contributed by atoms with Crippen molar-refractivity contribution in [1.29, 1.82) is 0 Å². The molecule has 1 rings (SSSR count). The quantitative estimate of drug-likeness (QED) is 0.801. The van der Waals surface area contributed by atoms with Crippen molar-refractivity contribution in [2.24, 2.45) is 0 Å². The Hall–Kier alpha value is -1.69. The molecular formula is C12H21N5O. The third kappa shape index (κ3) is 3.66. The molecule has 2 N–H and O–H groups in total. The molecule has 0 bridgehead atoms. The highest BCUT2D eigenvalue weighted by Crippen LogP contribution is 2.08. The maximum absolute atomic E-state index is 11.9. The summed E-state index contributed by atoms with van der Waals surface area (Å²) in [5.74, 6) is 0.431. The second-order valence-corrected chi connectivity index (χ2v) is 4.94. The van der Waals surface area contributed by atoms with Crippen LogP contribution in [0.4, 0.5) is 5.82 Å². The second kappa shape index (κ2) is 5.77. The minimum Gasteiger partial charge on any atom is -0.372 e. The highest BCUT2D eigenvalue weighted by atomic mass is 16.1. The molecule has 6 heteroatoms. The molecule has 0 fully saturated rings. The van der Waals surface area contributed by atoms with Gasteiger partial charge in [0.05, 0.1) is 0 Å². The minimum atomic E-state index is -0.208. The number of nitrogens with one attached hydrogen (secondary N) is 2. The Morgan fingerprint density at radius 2 is 2.00 bits per heavy atom. The second-order valence-electron chi connectivity index (χ2n) is 4.94. The number of hydrogen-bond acceptors (Lipinski definition) is 5. The predicted molar refractivity (Wildman–Crippen MR) is 71.7 cm³/mol. The lowest BCUT2D eigenvalue weighted by atomic mass is 10.0. The van der Waals surface area contributed by atoms with Crippen LogP contribution in [-0.4, -0.2) is 54.2 Å². The lowest BCUT2D eigenvalue weighted by molar-refractivity contribution is 0.0914. The zero-order valence-electron chi connectivity index (χ0n) is 11.6. The van der Waals surface area contributed by atoms with Crippen molar-refractivity contribution in [3.63, 3.8) is 0 Å². The van der Waals surface area contributed by atoms with Crippen LogP contribution in [0.25, 0.3) is 0 Å². The summed E-state index contributed by atoms with van der Waals surface area (Å²) < 4.78 is 0. The number of amides is 1. The SMILES string of the molecule is CNc1ccc(C(=O)NCC(C)(C)N(C)C)nn1. The summed E-state index contributed by atoms with van der Waals surface area (Å²) in [5.41, 5.74) is 0.220. The molecule has 0 saturated heterocycles. The number of aromatic nitrogens is 2. The Balaban J connectivity index is 2.60. The Kier molecular flexibility index (Phi) is 4.61. The molecule has 0 aliphatic heterocycles. The summed E-state index contributed by atoms with van der Waals surface area (Å²) in [6, 6.07) is 3.37. The van der Waals surface area contributed by atoms with Gasteiger partial charge in [-0.3, -0.25) is 4.79 Å². The Morgan fingerprint density at radius 3 is 2.44 bits per heavy atom. The minimum absolute atomic E-state index is 0.103. The summed E-state index contributed by atoms with van der Waals surface area (Å²) in [6.07, 6.45) is 0. The van der Waals surface area contributed by atoms with Gasteiger partial charge in [0, 0.05) is 19.1 Å². The lowest BCUT2D eigenvalue weighted by Gasteiger charge is -2.32. The van der Waals surface area contributed by atoms with Gasteiger partial charge in [0.2, 0.25) is 0 Å². The van der Waals surface area contributed by atoms with E-state index in [4.69, 9.17) is 0 Å². The Bertz CT molecular complexity index is 399. The van der Waals surface area contributed by atoms with Crippen LogP contribution in [0.2, 0.25) is 0 Å². The van der Waals surface area contributed by atoms with E-state index in [-0.39, 0.29) is 11.4 Å². The summed E-state index contributed by atoms with van der Waals surface area (Å²) in [5, 5.41) is 13.4. The summed E-state index contributed by atoms with van der Waals surface area (Å²) in [6.45, 7) is 4.67. The third-order valence-electron chi connectivity index (χ3n) is 3.05. The Labute approximate surface area is 108 Å². The van der Waals surface area contributed by atoms with E-state index in [2.05, 4.69) is 39.6 Å². The number of hydrogen-bond donors (Lipinski definition) is 2. The number of carbonyl (C=O) groups is 1. The van der Waals surface area contributed by atoms with Gasteiger partial charge in [-0.15, -0.1) is 10.2 Å². The molecule has 0 saturated carbocycles. The molecule has 0 aliphatic carbocycles. The Morgan fingerprint density at radius 1 is 1.33 bits per heavy atom. The zero-order chi connectivity index (χ0) is 13.8. The topological polar surface area (TPSA) is 70.2 Å². The van der Waals surface area contributed by atoms with Gasteiger partial charge in [0.1, 0.15) is 5.82 Å². The molecule has 18 heavy (non-hydrogen) atoms. The lowest BCUT2D eigenvalue weighted by Crippen LogP contribution is -2.48. The molecule has 1 amide bonds. The molecule has 6 nitrogen and oxygen atoms in total. The number of carbonyl (C=O) groups excluding carboxylic acids is 1. The molecule has 0 aliphatic rings. The van der Waals surface area contributed by atoms with Crippen molar-refractivity contribution < 1.29 is 4.79 Å². The molecule has 100 valence electrons. The van der Waals surface area contributed by atoms with Gasteiger partial charge < -0.3 is 15.5 Å². The standard InChI is InChI=1S/C12H21N5O/c1-12(2,17(4)5)8-14-11(18)9-6-7-10(13-3)16-15-9/h6-7H,8H2,1-5H3,(H,13,16)(H,14,18). The van der Waals surface area contributed by atoms with E-state index < -0.39 is 0 Å². The molecule has 1 aromatic rings. The van der Waals surface area contributed by atoms with Crippen LogP contribution in [0.3, 0.4) is 0 Å². The number of anilines is 1. The fraction of sp³-hybridized carbons (Fsp3) is 0.583. The van der Waals surface area contributed by atoms with Gasteiger partial charge in [-0.05, 0) is 40.1 Å². The molecule has 0 radical (unpaired) electrons. The van der Waals surface area contributed by atoms with E-state index in [0.29, 0.717) is 18.1 Å². The first kappa shape index (κ1) is 14.4. The van der Waals surface area contributed by atoms with Crippen molar-refractivity contribution in [3.8, 4) is 0 Å². The van der Waals surface area contributed by atoms with Crippen LogP contribution in [-0.2, 0) is 0 Å². The fourth-order valence-corrected chi connectivity index (χ4v) is 1.13. The van der Waals surface area contributed by atoms with Crippen LogP contribution < -0.4 is 10.6 Å². The fourth-order valence-electron chi connectivity index (χ4n) is 1.13. The summed E-state index contributed by atoms with van der Waals surface area (Å²) in [4.78, 5) is 13.9. The van der Waals surface area contributed by atoms with Gasteiger partial charge >= 0.3 is 0 Å². The number of likely N-dealkylation sites (N-methyl/N-ethyl adjacent to an activating group) is 1. The first-order valence-electron chi connectivity index (χ1n) is 5.84. The van der Waals surface area contributed by atoms with E-state index in [9.17, 15) is 4.79 Å². The highest BCUT2D eigenvalue weighted by molar-refractivity contribution is 5.92. The van der Waals surface area contributed by atoms with Gasteiger partial charge in [0.15, 0.2) is 5.69 Å². The van der Waals surface area contributed by atoms with Gasteiger partial charge in [-0.1, -0.05) is 0 Å². The van der Waals surface area contributed by atoms with E-state index in [0.717, 1.165) is 0 Å². The van der Waals surface area contributed by atoms with Crippen LogP contribution >= 0.6 is 0 Å². The molecule has 1 aromatic heterocycles. The molecule has 0 spiro atoms. The van der Waals surface area contributed by atoms with Gasteiger partial charge in [-0.25, -0.2) is 0 Å². The van der Waals surface area contributed by atoms with E-state index in [1.165, 1.54) is 0 Å². The van der Waals surface area contributed by atoms with Crippen molar-refractivity contribution in [3.05, 3.63) is 17.8 Å². The van der Waals surface area contributed by atoms with Crippen LogP contribution in [0.15, 0.2) is 12.1 Å². The van der Waals surface area contributed by atoms with Gasteiger partial charge in [0.25, 0.3) is 5.91 Å². The van der Waals surface area contributed by atoms with Crippen LogP contribution in [0, 0.1) is 0 Å². The smallest absolute Gasteiger partial charge is 0.271 e. The first-order chi connectivity index (χ1) is 8.36. The van der Waals surface area contributed by atoms with Crippen molar-refractivity contribution >= 4 is 11.7 Å². The molecule has 0 atom stereocenters. The predicted octanol–water partition coefficient (Wildman–Crippen LogP) is 0.588. The summed E-state index contributed by atoms with van der Waals surface area (Å²) >= 11 is 0. The molecular weight excluding hydrogens is 230 g/mol. The van der Waals surface area contributed by atoms with Crippen LogP contribution in [0.1, 0.15) is 24.3 Å². The number of rotatable bonds is 5. The molecule has 1 heterocycles. The van der Waals surface area contributed by atoms with E-state index in [1.54, 1.807) is 19.2 Å². The largest absolute Gasteiger partial charge is 0.372 e. The van der Waals surface area contributed by atoms with Gasteiger partial charge in [-0.2, -0.15) is 0 Å². The van der Waals surface area contributed by atoms with E-state index >= 15 is 0 Å². The normalized spacial score (nSPS) is 11.4. The highest BCUT2D eigenvalue weighted by Gasteiger charge is 2.21. The van der Waals surface area contributed by atoms with Crippen LogP contribution in [0.5, 0.6) is 0 Å². The summed E-state index contributed by atoms with van der Waals surface area (Å²) in [7, 11) is 5.71. The third-order valence-corrected chi connectivity index (χ3v) is 3.05. The number of nitrogens with zero attached hydrogens (tertiary/aromatic N) is 3. The van der Waals surface area contributed by atoms with E-state index in [1.807, 2.05) is 14.1 Å². The average Bonchev–Trinajstić information content (AvgIpc) is 2.36. The monoisotopic (exact) mass is 251 g/mol. The van der Waals surface area contributed by atoms with Crippen molar-refractivity contribution in [2.75, 3.05) is 33.0 Å². The average molecular weight is 251 g/mol. The van der Waals surface area contributed by atoms with Crippen molar-refractivity contribution in [1.82, 2.24) is 20.4 Å². The zero-order valence-corrected chi connectivity index (χ0v) is 11.6. The molecule has 0 aromatic carbocycles. The maximum atomic E-state index is 11.9. The maximum Gasteiger partial charge on any atom is 0.271 e. The van der Waals surface area contributed by atoms with Crippen molar-refractivity contribution in [2.45, 2.75) is 19.4 Å². The first-order valence-corrected chi connectivity index (χ1v) is 5.84.